The van der Waals surface area contributed by atoms with Crippen molar-refractivity contribution in [2.45, 2.75) is 19.3 Å². The van der Waals surface area contributed by atoms with Crippen LogP contribution in [0.5, 0.6) is 11.5 Å². The monoisotopic (exact) mass is 351 g/mol. The van der Waals surface area contributed by atoms with E-state index in [1.165, 1.54) is 5.56 Å². The second kappa shape index (κ2) is 5.43. The standard InChI is InChI=1S/C21H18ClNO2/c1-21(2)11-20(23-19-10-15(25)5-6-18(19)22)16-8-13-7-14(24)4-3-12(13)9-17(16)21/h3-11,23-25H,1-2H3. The molecule has 0 spiro atoms. The third kappa shape index (κ3) is 2.71. The fourth-order valence-electron chi connectivity index (χ4n) is 3.41. The van der Waals surface area contributed by atoms with E-state index < -0.39 is 0 Å². The molecule has 3 nitrogen and oxygen atoms in total. The van der Waals surface area contributed by atoms with E-state index in [9.17, 15) is 10.2 Å². The van der Waals surface area contributed by atoms with Gasteiger partial charge in [0.1, 0.15) is 11.5 Å². The SMILES string of the molecule is CC1(C)C=C(Nc2cc(O)ccc2Cl)c2cc3cc(O)ccc3cc21. The number of hydrogen-bond acceptors (Lipinski definition) is 3. The van der Waals surface area contributed by atoms with Crippen LogP contribution < -0.4 is 5.32 Å². The molecule has 1 aliphatic rings. The van der Waals surface area contributed by atoms with Crippen LogP contribution in [0.2, 0.25) is 5.02 Å². The minimum Gasteiger partial charge on any atom is -0.508 e. The van der Waals surface area contributed by atoms with Gasteiger partial charge in [-0.2, -0.15) is 0 Å². The van der Waals surface area contributed by atoms with Crippen molar-refractivity contribution in [1.29, 1.82) is 0 Å². The second-order valence-corrected chi connectivity index (χ2v) is 7.41. The summed E-state index contributed by atoms with van der Waals surface area (Å²) >= 11 is 6.25. The lowest BCUT2D eigenvalue weighted by Crippen LogP contribution is -2.10. The zero-order valence-electron chi connectivity index (χ0n) is 14.0. The molecule has 1 aliphatic carbocycles. The van der Waals surface area contributed by atoms with Gasteiger partial charge in [0.25, 0.3) is 0 Å². The molecular formula is C21H18ClNO2. The molecule has 0 saturated carbocycles. The zero-order valence-corrected chi connectivity index (χ0v) is 14.7. The second-order valence-electron chi connectivity index (χ2n) is 7.00. The Bertz CT molecular complexity index is 1040. The first-order valence-corrected chi connectivity index (χ1v) is 8.47. The number of rotatable bonds is 2. The predicted octanol–water partition coefficient (Wildman–Crippen LogP) is 5.65. The normalized spacial score (nSPS) is 15.1. The number of fused-ring (bicyclic) bond motifs is 2. The first kappa shape index (κ1) is 15.9. The summed E-state index contributed by atoms with van der Waals surface area (Å²) < 4.78 is 0. The van der Waals surface area contributed by atoms with Gasteiger partial charge < -0.3 is 15.5 Å². The van der Waals surface area contributed by atoms with Crippen LogP contribution in [-0.2, 0) is 5.41 Å². The van der Waals surface area contributed by atoms with E-state index in [4.69, 9.17) is 11.6 Å². The molecule has 25 heavy (non-hydrogen) atoms. The van der Waals surface area contributed by atoms with Crippen molar-refractivity contribution in [3.63, 3.8) is 0 Å². The van der Waals surface area contributed by atoms with E-state index in [1.807, 2.05) is 6.07 Å². The van der Waals surface area contributed by atoms with Gasteiger partial charge in [-0.3, -0.25) is 0 Å². The van der Waals surface area contributed by atoms with Crippen LogP contribution >= 0.6 is 11.6 Å². The molecule has 4 heteroatoms. The first-order valence-electron chi connectivity index (χ1n) is 8.09. The fraction of sp³-hybridized carbons (Fsp3) is 0.143. The number of anilines is 1. The zero-order chi connectivity index (χ0) is 17.8. The molecule has 3 N–H and O–H groups in total. The molecule has 0 bridgehead atoms. The molecule has 3 aromatic carbocycles. The summed E-state index contributed by atoms with van der Waals surface area (Å²) in [5.74, 6) is 0.410. The molecule has 0 fully saturated rings. The molecule has 0 unspecified atom stereocenters. The van der Waals surface area contributed by atoms with Gasteiger partial charge in [-0.25, -0.2) is 0 Å². The summed E-state index contributed by atoms with van der Waals surface area (Å²) in [6, 6.07) is 14.5. The van der Waals surface area contributed by atoms with Gasteiger partial charge in [0.05, 0.1) is 10.7 Å². The fourth-order valence-corrected chi connectivity index (χ4v) is 3.58. The maximum atomic E-state index is 9.77. The third-order valence-electron chi connectivity index (χ3n) is 4.67. The number of nitrogens with one attached hydrogen (secondary N) is 1. The maximum Gasteiger partial charge on any atom is 0.117 e. The lowest BCUT2D eigenvalue weighted by atomic mass is 9.86. The Labute approximate surface area is 151 Å². The van der Waals surface area contributed by atoms with E-state index in [-0.39, 0.29) is 16.9 Å². The van der Waals surface area contributed by atoms with Gasteiger partial charge in [0.15, 0.2) is 0 Å². The van der Waals surface area contributed by atoms with Crippen LogP contribution in [0.1, 0.15) is 25.0 Å². The maximum absolute atomic E-state index is 9.77. The van der Waals surface area contributed by atoms with Crippen molar-refractivity contribution in [2.75, 3.05) is 5.32 Å². The number of phenols is 2. The summed E-state index contributed by atoms with van der Waals surface area (Å²) in [7, 11) is 0. The van der Waals surface area contributed by atoms with Crippen molar-refractivity contribution in [3.05, 3.63) is 70.8 Å². The summed E-state index contributed by atoms with van der Waals surface area (Å²) in [5.41, 5.74) is 3.75. The highest BCUT2D eigenvalue weighted by molar-refractivity contribution is 6.33. The predicted molar refractivity (Wildman–Crippen MR) is 103 cm³/mol. The molecule has 126 valence electrons. The van der Waals surface area contributed by atoms with Gasteiger partial charge in [0, 0.05) is 22.7 Å². The lowest BCUT2D eigenvalue weighted by molar-refractivity contribution is 0.475. The van der Waals surface area contributed by atoms with Crippen LogP contribution in [-0.4, -0.2) is 10.2 Å². The average molecular weight is 352 g/mol. The van der Waals surface area contributed by atoms with E-state index in [0.29, 0.717) is 10.7 Å². The van der Waals surface area contributed by atoms with Crippen LogP contribution in [0.25, 0.3) is 16.5 Å². The molecule has 4 rings (SSSR count). The van der Waals surface area contributed by atoms with Crippen molar-refractivity contribution in [3.8, 4) is 11.5 Å². The molecule has 0 heterocycles. The Morgan fingerprint density at radius 3 is 2.40 bits per heavy atom. The molecule has 3 aromatic rings. The number of phenolic OH excluding ortho intramolecular Hbond substituents is 2. The Hall–Kier alpha value is -2.65. The van der Waals surface area contributed by atoms with Crippen LogP contribution in [0.3, 0.4) is 0 Å². The highest BCUT2D eigenvalue weighted by Gasteiger charge is 2.30. The number of benzene rings is 3. The van der Waals surface area contributed by atoms with E-state index >= 15 is 0 Å². The van der Waals surface area contributed by atoms with Crippen molar-refractivity contribution >= 4 is 33.8 Å². The van der Waals surface area contributed by atoms with Crippen LogP contribution in [0, 0.1) is 0 Å². The Morgan fingerprint density at radius 2 is 1.60 bits per heavy atom. The lowest BCUT2D eigenvalue weighted by Gasteiger charge is -2.18. The molecule has 0 aliphatic heterocycles. The molecular weight excluding hydrogens is 334 g/mol. The summed E-state index contributed by atoms with van der Waals surface area (Å²) in [4.78, 5) is 0. The number of hydrogen-bond donors (Lipinski definition) is 3. The quantitative estimate of drug-likeness (QED) is 0.559. The van der Waals surface area contributed by atoms with Gasteiger partial charge in [-0.15, -0.1) is 0 Å². The van der Waals surface area contributed by atoms with Gasteiger partial charge >= 0.3 is 0 Å². The Morgan fingerprint density at radius 1 is 0.880 bits per heavy atom. The molecule has 0 saturated heterocycles. The summed E-state index contributed by atoms with van der Waals surface area (Å²) in [5, 5.41) is 25.5. The van der Waals surface area contributed by atoms with Crippen LogP contribution in [0.15, 0.2) is 54.6 Å². The number of halogens is 1. The third-order valence-corrected chi connectivity index (χ3v) is 5.00. The minimum atomic E-state index is -0.132. The highest BCUT2D eigenvalue weighted by Crippen LogP contribution is 2.43. The summed E-state index contributed by atoms with van der Waals surface area (Å²) in [6.45, 7) is 4.33. The van der Waals surface area contributed by atoms with E-state index in [2.05, 4.69) is 37.4 Å². The molecule has 0 radical (unpaired) electrons. The van der Waals surface area contributed by atoms with Gasteiger partial charge in [-0.1, -0.05) is 37.6 Å². The highest BCUT2D eigenvalue weighted by atomic mass is 35.5. The largest absolute Gasteiger partial charge is 0.508 e. The van der Waals surface area contributed by atoms with Gasteiger partial charge in [0.2, 0.25) is 0 Å². The molecule has 0 aromatic heterocycles. The number of aromatic hydroxyl groups is 2. The Kier molecular flexibility index (Phi) is 3.44. The minimum absolute atomic E-state index is 0.132. The number of allylic oxidation sites excluding steroid dienone is 1. The van der Waals surface area contributed by atoms with E-state index in [0.717, 1.165) is 22.0 Å². The van der Waals surface area contributed by atoms with Crippen LogP contribution in [0.4, 0.5) is 5.69 Å². The van der Waals surface area contributed by atoms with E-state index in [1.54, 1.807) is 30.3 Å². The summed E-state index contributed by atoms with van der Waals surface area (Å²) in [6.07, 6.45) is 2.16. The Balaban J connectivity index is 1.85. The molecule has 0 amide bonds. The average Bonchev–Trinajstić information content (AvgIpc) is 2.79. The first-order chi connectivity index (χ1) is 11.8. The van der Waals surface area contributed by atoms with Crippen molar-refractivity contribution in [1.82, 2.24) is 0 Å². The van der Waals surface area contributed by atoms with Gasteiger partial charge in [-0.05, 0) is 52.7 Å². The molecule has 0 atom stereocenters. The smallest absolute Gasteiger partial charge is 0.117 e. The van der Waals surface area contributed by atoms with Crippen molar-refractivity contribution in [2.24, 2.45) is 0 Å². The topological polar surface area (TPSA) is 52.5 Å². The van der Waals surface area contributed by atoms with Crippen molar-refractivity contribution < 1.29 is 10.2 Å².